The molecule has 10 heteroatoms. The molecule has 2 N–H and O–H groups in total. The molecule has 3 aromatic rings. The Labute approximate surface area is 308 Å². The van der Waals surface area contributed by atoms with Crippen molar-refractivity contribution in [3.05, 3.63) is 107 Å². The number of nitrogens with zero attached hydrogens (tertiary/aromatic N) is 2. The summed E-state index contributed by atoms with van der Waals surface area (Å²) in [6.45, 7) is 6.13. The highest BCUT2D eigenvalue weighted by molar-refractivity contribution is 7.92. The maximum Gasteiger partial charge on any atom is 0.286 e. The number of rotatable bonds is 5. The zero-order chi connectivity index (χ0) is 36.5. The van der Waals surface area contributed by atoms with E-state index in [0.29, 0.717) is 30.6 Å². The van der Waals surface area contributed by atoms with Crippen molar-refractivity contribution in [3.63, 3.8) is 0 Å². The number of fused-ring (bicyclic) bond motifs is 4. The van der Waals surface area contributed by atoms with E-state index in [1.54, 1.807) is 13.2 Å². The van der Waals surface area contributed by atoms with Gasteiger partial charge < -0.3 is 19.5 Å². The van der Waals surface area contributed by atoms with Crippen molar-refractivity contribution in [2.45, 2.75) is 76.4 Å². The smallest absolute Gasteiger partial charge is 0.286 e. The SMILES string of the molecule is CO[C@H]1/C=C/C[C@H](C)CS(=O)(NC(=O)[C@H](O)Cc2ccccc2)=NC(=O)c2ccc3c(c2)N(C[C@@H]2CC[C@H]21)C[C@@]1(CCCc2cc(C)ccc21)CO3. The van der Waals surface area contributed by atoms with E-state index < -0.39 is 27.8 Å². The molecular formula is C42H51N3O6S. The number of benzene rings is 3. The summed E-state index contributed by atoms with van der Waals surface area (Å²) in [5.41, 5.74) is 5.63. The number of amides is 2. The molecule has 276 valence electrons. The molecule has 2 aliphatic heterocycles. The van der Waals surface area contributed by atoms with Gasteiger partial charge in [0.1, 0.15) is 21.8 Å². The fraction of sp³-hybridized carbons (Fsp3) is 0.476. The van der Waals surface area contributed by atoms with Crippen molar-refractivity contribution in [2.24, 2.45) is 22.1 Å². The Hall–Kier alpha value is -3.99. The van der Waals surface area contributed by atoms with Crippen molar-refractivity contribution in [1.82, 2.24) is 4.72 Å². The summed E-state index contributed by atoms with van der Waals surface area (Å²) in [5.74, 6) is -0.319. The second-order valence-electron chi connectivity index (χ2n) is 15.5. The van der Waals surface area contributed by atoms with Crippen LogP contribution in [0.25, 0.3) is 0 Å². The second-order valence-corrected chi connectivity index (χ2v) is 17.5. The molecule has 0 aromatic heterocycles. The standard InChI is InChI=1S/C42H51N3O6S/c1-28-14-18-35-31(21-28)12-8-20-42(35)26-45-24-33-15-17-34(33)38(50-3)13-7-9-29(2)25-52(49,44-41(48)37(46)22-30-10-5-4-6-11-30)43-40(47)32-16-19-39(51-27-42)36(45)23-32/h4-7,10-11,13-14,16,18-19,21,23,29,33-34,37-38,46H,8-9,12,15,17,20,22,24-27H2,1-3H3,(H,43,44,47,48,49)/b13-7+/t29-,33-,34+,37+,38-,42-,52?/m0/s1. The van der Waals surface area contributed by atoms with E-state index in [9.17, 15) is 18.9 Å². The van der Waals surface area contributed by atoms with Crippen molar-refractivity contribution in [3.8, 4) is 5.75 Å². The molecule has 7 rings (SSSR count). The van der Waals surface area contributed by atoms with Gasteiger partial charge in [0.15, 0.2) is 0 Å². The number of methoxy groups -OCH3 is 1. The lowest BCUT2D eigenvalue weighted by atomic mass is 9.68. The van der Waals surface area contributed by atoms with E-state index in [2.05, 4.69) is 51.3 Å². The number of hydrogen-bond donors (Lipinski definition) is 2. The number of hydrogen-bond acceptors (Lipinski definition) is 7. The molecule has 3 aromatic carbocycles. The highest BCUT2D eigenvalue weighted by Gasteiger charge is 2.44. The van der Waals surface area contributed by atoms with Gasteiger partial charge in [-0.2, -0.15) is 0 Å². The zero-order valence-corrected chi connectivity index (χ0v) is 31.3. The van der Waals surface area contributed by atoms with Gasteiger partial charge >= 0.3 is 0 Å². The predicted molar refractivity (Wildman–Crippen MR) is 204 cm³/mol. The number of carbonyl (C=O) groups is 2. The van der Waals surface area contributed by atoms with E-state index in [0.717, 1.165) is 56.4 Å². The number of ether oxygens (including phenoxy) is 2. The molecule has 0 radical (unpaired) electrons. The highest BCUT2D eigenvalue weighted by Crippen LogP contribution is 2.47. The van der Waals surface area contributed by atoms with Crippen LogP contribution in [0.5, 0.6) is 5.75 Å². The number of nitrogens with one attached hydrogen (secondary N) is 1. The van der Waals surface area contributed by atoms with Gasteiger partial charge in [-0.3, -0.25) is 14.3 Å². The van der Waals surface area contributed by atoms with E-state index >= 15 is 0 Å². The highest BCUT2D eigenvalue weighted by atomic mass is 32.2. The lowest BCUT2D eigenvalue weighted by Gasteiger charge is -2.46. The van der Waals surface area contributed by atoms with Gasteiger partial charge in [-0.05, 0) is 98.1 Å². The molecule has 52 heavy (non-hydrogen) atoms. The van der Waals surface area contributed by atoms with E-state index in [1.807, 2.05) is 49.4 Å². The molecule has 0 saturated heterocycles. The molecular weight excluding hydrogens is 675 g/mol. The molecule has 2 heterocycles. The fourth-order valence-electron chi connectivity index (χ4n) is 8.68. The predicted octanol–water partition coefficient (Wildman–Crippen LogP) is 6.35. The zero-order valence-electron chi connectivity index (χ0n) is 30.5. The van der Waals surface area contributed by atoms with Crippen molar-refractivity contribution in [2.75, 3.05) is 37.5 Å². The summed E-state index contributed by atoms with van der Waals surface area (Å²) in [7, 11) is -1.86. The normalized spacial score (nSPS) is 30.0. The third-order valence-corrected chi connectivity index (χ3v) is 13.5. The lowest BCUT2D eigenvalue weighted by Crippen LogP contribution is -2.49. The van der Waals surface area contributed by atoms with Crippen LogP contribution in [0.15, 0.2) is 83.2 Å². The van der Waals surface area contributed by atoms with Crippen molar-refractivity contribution in [1.29, 1.82) is 0 Å². The fourth-order valence-corrected chi connectivity index (χ4v) is 10.6. The maximum atomic E-state index is 14.5. The lowest BCUT2D eigenvalue weighted by molar-refractivity contribution is -0.127. The summed E-state index contributed by atoms with van der Waals surface area (Å²) in [4.78, 5) is 29.7. The van der Waals surface area contributed by atoms with E-state index in [4.69, 9.17) is 9.47 Å². The number of anilines is 1. The van der Waals surface area contributed by atoms with Crippen LogP contribution in [0.2, 0.25) is 0 Å². The molecule has 1 spiro atoms. The van der Waals surface area contributed by atoms with Crippen LogP contribution in [-0.4, -0.2) is 65.9 Å². The molecule has 7 atom stereocenters. The Kier molecular flexibility index (Phi) is 10.6. The topological polar surface area (TPSA) is 118 Å². The summed E-state index contributed by atoms with van der Waals surface area (Å²) < 4.78 is 34.0. The maximum absolute atomic E-state index is 14.5. The molecule has 4 aliphatic rings. The number of aryl methyl sites for hydroxylation is 2. The summed E-state index contributed by atoms with van der Waals surface area (Å²) >= 11 is 0. The molecule has 2 aliphatic carbocycles. The number of aliphatic hydroxyl groups excluding tert-OH is 1. The Morgan fingerprint density at radius 2 is 1.98 bits per heavy atom. The van der Waals surface area contributed by atoms with Gasteiger partial charge in [-0.15, -0.1) is 4.36 Å². The Balaban J connectivity index is 1.26. The van der Waals surface area contributed by atoms with Crippen molar-refractivity contribution < 1.29 is 28.4 Å². The number of aliphatic hydroxyl groups is 1. The minimum absolute atomic E-state index is 0.0429. The van der Waals surface area contributed by atoms with Crippen LogP contribution in [0.3, 0.4) is 0 Å². The van der Waals surface area contributed by atoms with Crippen molar-refractivity contribution >= 4 is 27.4 Å². The number of allylic oxidation sites excluding steroid dienone is 1. The summed E-state index contributed by atoms with van der Waals surface area (Å²) in [6.07, 6.45) is 8.54. The van der Waals surface area contributed by atoms with E-state index in [-0.39, 0.29) is 35.2 Å². The number of carbonyl (C=O) groups excluding carboxylic acids is 2. The molecule has 1 saturated carbocycles. The van der Waals surface area contributed by atoms with Gasteiger partial charge in [-0.25, -0.2) is 4.21 Å². The average Bonchev–Trinajstić information content (AvgIpc) is 3.26. The average molecular weight is 726 g/mol. The summed E-state index contributed by atoms with van der Waals surface area (Å²) in [6, 6.07) is 21.3. The quantitative estimate of drug-likeness (QED) is 0.295. The first kappa shape index (κ1) is 36.4. The Morgan fingerprint density at radius 3 is 2.75 bits per heavy atom. The van der Waals surface area contributed by atoms with Gasteiger partial charge in [0.25, 0.3) is 11.8 Å². The first-order chi connectivity index (χ1) is 25.0. The Morgan fingerprint density at radius 1 is 1.15 bits per heavy atom. The molecule has 2 amide bonds. The van der Waals surface area contributed by atoms with Gasteiger partial charge in [0, 0.05) is 37.6 Å². The molecule has 2 bridgehead atoms. The molecule has 9 nitrogen and oxygen atoms in total. The Bertz CT molecular complexity index is 1960. The van der Waals surface area contributed by atoms with Crippen LogP contribution in [0, 0.1) is 24.7 Å². The molecule has 1 fully saturated rings. The third kappa shape index (κ3) is 7.70. The second kappa shape index (κ2) is 15.2. The third-order valence-electron chi connectivity index (χ3n) is 11.5. The van der Waals surface area contributed by atoms with E-state index in [1.165, 1.54) is 16.7 Å². The molecule has 1 unspecified atom stereocenters. The van der Waals surface area contributed by atoms with Crippen LogP contribution in [0.1, 0.15) is 71.6 Å². The largest absolute Gasteiger partial charge is 0.490 e. The van der Waals surface area contributed by atoms with Gasteiger partial charge in [0.05, 0.1) is 24.2 Å². The first-order valence-corrected chi connectivity index (χ1v) is 20.4. The van der Waals surface area contributed by atoms with Gasteiger partial charge in [-0.1, -0.05) is 73.2 Å². The van der Waals surface area contributed by atoms with Crippen LogP contribution in [0.4, 0.5) is 5.69 Å². The monoisotopic (exact) mass is 725 g/mol. The first-order valence-electron chi connectivity index (χ1n) is 18.7. The van der Waals surface area contributed by atoms with Gasteiger partial charge in [0.2, 0.25) is 0 Å². The minimum atomic E-state index is -3.62. The minimum Gasteiger partial charge on any atom is -0.490 e. The van der Waals surface area contributed by atoms with Crippen LogP contribution in [-0.2, 0) is 37.7 Å². The summed E-state index contributed by atoms with van der Waals surface area (Å²) in [5, 5.41) is 10.8. The van der Waals surface area contributed by atoms with Crippen LogP contribution < -0.4 is 14.4 Å². The van der Waals surface area contributed by atoms with Crippen LogP contribution >= 0.6 is 0 Å².